The Hall–Kier alpha value is -2.41. The van der Waals surface area contributed by atoms with Crippen LogP contribution in [-0.2, 0) is 21.2 Å². The Morgan fingerprint density at radius 3 is 2.65 bits per heavy atom. The van der Waals surface area contributed by atoms with Crippen LogP contribution in [0.4, 0.5) is 15.8 Å². The number of hydrogen-bond donors (Lipinski definition) is 2. The van der Waals surface area contributed by atoms with Gasteiger partial charge in [0.1, 0.15) is 5.82 Å². The standard InChI is InChI=1S/C16H15FN2O3S/c1-10-8-13(4-5-14(10)17)23(21,22)19-12-3-6-15-11(9-12)2-7-16(20)18-15/h3-6,8-9,19H,2,7H2,1H3,(H,18,20). The van der Waals surface area contributed by atoms with Crippen molar-refractivity contribution in [3.63, 3.8) is 0 Å². The molecule has 0 saturated heterocycles. The SMILES string of the molecule is Cc1cc(S(=O)(=O)Nc2ccc3c(c2)CCC(=O)N3)ccc1F. The molecule has 5 nitrogen and oxygen atoms in total. The Balaban J connectivity index is 1.88. The molecule has 120 valence electrons. The second-order valence-corrected chi connectivity index (χ2v) is 7.12. The first kappa shape index (κ1) is 15.5. The zero-order valence-electron chi connectivity index (χ0n) is 12.4. The fourth-order valence-electron chi connectivity index (χ4n) is 2.45. The number of halogens is 1. The van der Waals surface area contributed by atoms with E-state index in [4.69, 9.17) is 0 Å². The van der Waals surface area contributed by atoms with Gasteiger partial charge in [0, 0.05) is 17.8 Å². The molecule has 0 aromatic heterocycles. The molecule has 0 aliphatic carbocycles. The molecule has 1 aliphatic rings. The summed E-state index contributed by atoms with van der Waals surface area (Å²) in [5, 5.41) is 2.74. The van der Waals surface area contributed by atoms with E-state index in [1.54, 1.807) is 18.2 Å². The van der Waals surface area contributed by atoms with Gasteiger partial charge in [0.2, 0.25) is 5.91 Å². The van der Waals surface area contributed by atoms with E-state index in [0.29, 0.717) is 24.2 Å². The number of hydrogen-bond acceptors (Lipinski definition) is 3. The number of rotatable bonds is 3. The van der Waals surface area contributed by atoms with Crippen molar-refractivity contribution in [1.29, 1.82) is 0 Å². The monoisotopic (exact) mass is 334 g/mol. The van der Waals surface area contributed by atoms with Crippen molar-refractivity contribution < 1.29 is 17.6 Å². The van der Waals surface area contributed by atoms with Crippen LogP contribution in [-0.4, -0.2) is 14.3 Å². The third-order valence-electron chi connectivity index (χ3n) is 3.69. The summed E-state index contributed by atoms with van der Waals surface area (Å²) in [7, 11) is -3.79. The van der Waals surface area contributed by atoms with Gasteiger partial charge >= 0.3 is 0 Å². The van der Waals surface area contributed by atoms with Crippen LogP contribution in [0.1, 0.15) is 17.5 Å². The number of amides is 1. The van der Waals surface area contributed by atoms with Gasteiger partial charge in [-0.2, -0.15) is 0 Å². The number of sulfonamides is 1. The first-order chi connectivity index (χ1) is 10.8. The molecule has 7 heteroatoms. The molecule has 23 heavy (non-hydrogen) atoms. The summed E-state index contributed by atoms with van der Waals surface area (Å²) in [5.41, 5.74) is 2.24. The molecule has 1 amide bonds. The topological polar surface area (TPSA) is 75.3 Å². The smallest absolute Gasteiger partial charge is 0.261 e. The fraction of sp³-hybridized carbons (Fsp3) is 0.188. The predicted octanol–water partition coefficient (Wildman–Crippen LogP) is 2.82. The van der Waals surface area contributed by atoms with Crippen molar-refractivity contribution in [2.75, 3.05) is 10.0 Å². The van der Waals surface area contributed by atoms with Crippen molar-refractivity contribution in [3.05, 3.63) is 53.3 Å². The molecule has 0 atom stereocenters. The van der Waals surface area contributed by atoms with Gasteiger partial charge in [0.15, 0.2) is 0 Å². The maximum absolute atomic E-state index is 13.3. The lowest BCUT2D eigenvalue weighted by Crippen LogP contribution is -2.19. The van der Waals surface area contributed by atoms with Gasteiger partial charge in [-0.15, -0.1) is 0 Å². The summed E-state index contributed by atoms with van der Waals surface area (Å²) in [6.45, 7) is 1.51. The normalized spacial score (nSPS) is 14.1. The maximum atomic E-state index is 13.3. The Bertz CT molecular complexity index is 894. The van der Waals surface area contributed by atoms with Gasteiger partial charge < -0.3 is 5.32 Å². The molecule has 0 saturated carbocycles. The summed E-state index contributed by atoms with van der Waals surface area (Å²) in [4.78, 5) is 11.3. The minimum atomic E-state index is -3.79. The highest BCUT2D eigenvalue weighted by molar-refractivity contribution is 7.92. The molecule has 0 spiro atoms. The summed E-state index contributed by atoms with van der Waals surface area (Å²) >= 11 is 0. The number of anilines is 2. The highest BCUT2D eigenvalue weighted by atomic mass is 32.2. The second kappa shape index (κ2) is 5.66. The molecular weight excluding hydrogens is 319 g/mol. The summed E-state index contributed by atoms with van der Waals surface area (Å²) in [5.74, 6) is -0.499. The Labute approximate surface area is 133 Å². The van der Waals surface area contributed by atoms with Crippen molar-refractivity contribution in [2.45, 2.75) is 24.7 Å². The zero-order valence-corrected chi connectivity index (χ0v) is 13.2. The molecule has 2 aromatic rings. The molecule has 0 fully saturated rings. The average molecular weight is 334 g/mol. The molecule has 0 unspecified atom stereocenters. The Morgan fingerprint density at radius 1 is 1.13 bits per heavy atom. The first-order valence-corrected chi connectivity index (χ1v) is 8.55. The maximum Gasteiger partial charge on any atom is 0.261 e. The number of fused-ring (bicyclic) bond motifs is 1. The van der Waals surface area contributed by atoms with Crippen LogP contribution in [0.3, 0.4) is 0 Å². The first-order valence-electron chi connectivity index (χ1n) is 7.07. The lowest BCUT2D eigenvalue weighted by atomic mass is 10.0. The van der Waals surface area contributed by atoms with Crippen LogP contribution in [0.5, 0.6) is 0 Å². The molecular formula is C16H15FN2O3S. The largest absolute Gasteiger partial charge is 0.326 e. The second-order valence-electron chi connectivity index (χ2n) is 5.44. The number of carbonyl (C=O) groups is 1. The predicted molar refractivity (Wildman–Crippen MR) is 85.3 cm³/mol. The van der Waals surface area contributed by atoms with E-state index in [1.165, 1.54) is 19.1 Å². The van der Waals surface area contributed by atoms with Crippen LogP contribution in [0.2, 0.25) is 0 Å². The lowest BCUT2D eigenvalue weighted by Gasteiger charge is -2.18. The third kappa shape index (κ3) is 3.19. The summed E-state index contributed by atoms with van der Waals surface area (Å²) in [6, 6.07) is 8.59. The molecule has 3 rings (SSSR count). The van der Waals surface area contributed by atoms with E-state index in [-0.39, 0.29) is 16.4 Å². The van der Waals surface area contributed by atoms with E-state index >= 15 is 0 Å². The summed E-state index contributed by atoms with van der Waals surface area (Å²) < 4.78 is 40.5. The molecule has 1 heterocycles. The van der Waals surface area contributed by atoms with Crippen LogP contribution in [0, 0.1) is 12.7 Å². The van der Waals surface area contributed by atoms with Crippen LogP contribution in [0.25, 0.3) is 0 Å². The quantitative estimate of drug-likeness (QED) is 0.906. The Morgan fingerprint density at radius 2 is 1.91 bits per heavy atom. The lowest BCUT2D eigenvalue weighted by molar-refractivity contribution is -0.116. The summed E-state index contributed by atoms with van der Waals surface area (Å²) in [6.07, 6.45) is 0.937. The third-order valence-corrected chi connectivity index (χ3v) is 5.07. The number of aryl methyl sites for hydroxylation is 2. The van der Waals surface area contributed by atoms with E-state index in [1.807, 2.05) is 0 Å². The zero-order chi connectivity index (χ0) is 16.6. The van der Waals surface area contributed by atoms with Gasteiger partial charge in [-0.25, -0.2) is 12.8 Å². The van der Waals surface area contributed by atoms with Gasteiger partial charge in [0.25, 0.3) is 10.0 Å². The van der Waals surface area contributed by atoms with Gasteiger partial charge in [0.05, 0.1) is 4.90 Å². The van der Waals surface area contributed by atoms with E-state index in [0.717, 1.165) is 11.6 Å². The van der Waals surface area contributed by atoms with Gasteiger partial charge in [-0.1, -0.05) is 0 Å². The number of carbonyl (C=O) groups excluding carboxylic acids is 1. The number of benzene rings is 2. The van der Waals surface area contributed by atoms with Crippen LogP contribution < -0.4 is 10.0 Å². The van der Waals surface area contributed by atoms with E-state index < -0.39 is 15.8 Å². The van der Waals surface area contributed by atoms with Gasteiger partial charge in [-0.3, -0.25) is 9.52 Å². The van der Waals surface area contributed by atoms with E-state index in [2.05, 4.69) is 10.0 Å². The molecule has 0 bridgehead atoms. The highest BCUT2D eigenvalue weighted by Crippen LogP contribution is 2.27. The van der Waals surface area contributed by atoms with Crippen molar-refractivity contribution in [3.8, 4) is 0 Å². The minimum absolute atomic E-state index is 0.00224. The number of nitrogens with one attached hydrogen (secondary N) is 2. The van der Waals surface area contributed by atoms with E-state index in [9.17, 15) is 17.6 Å². The molecule has 1 aliphatic heterocycles. The minimum Gasteiger partial charge on any atom is -0.326 e. The molecule has 0 radical (unpaired) electrons. The highest BCUT2D eigenvalue weighted by Gasteiger charge is 2.18. The van der Waals surface area contributed by atoms with Crippen molar-refractivity contribution in [1.82, 2.24) is 0 Å². The molecule has 2 N–H and O–H groups in total. The average Bonchev–Trinajstić information content (AvgIpc) is 2.49. The fourth-order valence-corrected chi connectivity index (χ4v) is 3.58. The van der Waals surface area contributed by atoms with Gasteiger partial charge in [-0.05, 0) is 60.9 Å². The Kier molecular flexibility index (Phi) is 3.81. The van der Waals surface area contributed by atoms with Crippen molar-refractivity contribution in [2.24, 2.45) is 0 Å². The van der Waals surface area contributed by atoms with Crippen LogP contribution >= 0.6 is 0 Å². The van der Waals surface area contributed by atoms with Crippen molar-refractivity contribution >= 4 is 27.3 Å². The molecule has 2 aromatic carbocycles. The van der Waals surface area contributed by atoms with Crippen LogP contribution in [0.15, 0.2) is 41.3 Å².